The van der Waals surface area contributed by atoms with Gasteiger partial charge < -0.3 is 4.74 Å². The topological polar surface area (TPSA) is 9.23 Å². The largest absolute Gasteiger partial charge is 0.493 e. The highest BCUT2D eigenvalue weighted by Crippen LogP contribution is 2.13. The lowest BCUT2D eigenvalue weighted by molar-refractivity contribution is 0.273. The van der Waals surface area contributed by atoms with E-state index in [1.54, 1.807) is 0 Å². The lowest BCUT2D eigenvalue weighted by Gasteiger charge is -2.13. The Morgan fingerprint density at radius 2 is 1.93 bits per heavy atom. The highest BCUT2D eigenvalue weighted by atomic mass is 28.1. The van der Waals surface area contributed by atoms with Gasteiger partial charge in [-0.2, -0.15) is 0 Å². The molecule has 0 atom stereocenters. The number of aryl methyl sites for hydroxylation is 2. The van der Waals surface area contributed by atoms with E-state index in [2.05, 4.69) is 39.8 Å². The van der Waals surface area contributed by atoms with E-state index in [0.29, 0.717) is 5.92 Å². The average molecular weight is 208 g/mol. The molecule has 0 saturated carbocycles. The highest BCUT2D eigenvalue weighted by Gasteiger charge is 2.04. The third-order valence-corrected chi connectivity index (χ3v) is 3.62. The van der Waals surface area contributed by atoms with Crippen molar-refractivity contribution in [2.75, 3.05) is 6.61 Å². The molecular weight excluding hydrogens is 188 g/mol. The van der Waals surface area contributed by atoms with E-state index in [0.717, 1.165) is 22.6 Å². The lowest BCUT2D eigenvalue weighted by Crippen LogP contribution is -2.15. The second-order valence-electron chi connectivity index (χ2n) is 4.41. The summed E-state index contributed by atoms with van der Waals surface area (Å²) in [6.45, 7) is 9.46. The maximum absolute atomic E-state index is 5.79. The van der Waals surface area contributed by atoms with Gasteiger partial charge in [0.2, 0.25) is 0 Å². The van der Waals surface area contributed by atoms with Crippen LogP contribution >= 0.6 is 0 Å². The van der Waals surface area contributed by atoms with E-state index in [-0.39, 0.29) is 0 Å². The van der Waals surface area contributed by atoms with Crippen LogP contribution in [0.3, 0.4) is 0 Å². The van der Waals surface area contributed by atoms with E-state index in [1.165, 1.54) is 16.3 Å². The van der Waals surface area contributed by atoms with Crippen LogP contribution in [0.5, 0.6) is 5.75 Å². The first-order valence-corrected chi connectivity index (χ1v) is 6.21. The average Bonchev–Trinajstić information content (AvgIpc) is 2.08. The molecule has 0 fully saturated rings. The zero-order chi connectivity index (χ0) is 10.7. The van der Waals surface area contributed by atoms with Gasteiger partial charge in [0.15, 0.2) is 0 Å². The first-order valence-electron chi connectivity index (χ1n) is 5.21. The Labute approximate surface area is 89.9 Å². The van der Waals surface area contributed by atoms with Crippen LogP contribution in [0, 0.1) is 19.8 Å². The van der Waals surface area contributed by atoms with Crippen molar-refractivity contribution in [1.82, 2.24) is 0 Å². The van der Waals surface area contributed by atoms with Gasteiger partial charge in [-0.1, -0.05) is 19.9 Å². The van der Waals surface area contributed by atoms with Crippen LogP contribution in [0.2, 0.25) is 0 Å². The molecule has 0 radical (unpaired) electrons. The molecule has 0 heterocycles. The highest BCUT2D eigenvalue weighted by molar-refractivity contribution is 6.35. The molecule has 0 saturated heterocycles. The van der Waals surface area contributed by atoms with E-state index in [1.807, 2.05) is 0 Å². The second-order valence-corrected chi connectivity index (χ2v) is 5.41. The van der Waals surface area contributed by atoms with Gasteiger partial charge in [0.05, 0.1) is 6.61 Å². The molecule has 78 valence electrons. The predicted molar refractivity (Wildman–Crippen MR) is 65.8 cm³/mol. The number of hydrogen-bond acceptors (Lipinski definition) is 1. The lowest BCUT2D eigenvalue weighted by atomic mass is 10.1. The Morgan fingerprint density at radius 1 is 1.29 bits per heavy atom. The van der Waals surface area contributed by atoms with Gasteiger partial charge in [-0.15, -0.1) is 0 Å². The molecule has 0 aliphatic carbocycles. The van der Waals surface area contributed by atoms with Crippen LogP contribution in [0.15, 0.2) is 12.1 Å². The summed E-state index contributed by atoms with van der Waals surface area (Å²) in [4.78, 5) is 0. The van der Waals surface area contributed by atoms with Crippen molar-refractivity contribution in [3.05, 3.63) is 23.3 Å². The Hall–Kier alpha value is -0.763. The van der Waals surface area contributed by atoms with Crippen molar-refractivity contribution in [3.63, 3.8) is 0 Å². The van der Waals surface area contributed by atoms with Crippen molar-refractivity contribution in [3.8, 4) is 5.75 Å². The van der Waals surface area contributed by atoms with Gasteiger partial charge in [0, 0.05) is 10.2 Å². The summed E-state index contributed by atoms with van der Waals surface area (Å²) in [5.41, 5.74) is 2.66. The van der Waals surface area contributed by atoms with Gasteiger partial charge in [-0.25, -0.2) is 0 Å². The maximum atomic E-state index is 5.79. The molecule has 0 N–H and O–H groups in total. The molecular formula is C12H20OSi. The van der Waals surface area contributed by atoms with Gasteiger partial charge in [-0.05, 0) is 42.1 Å². The van der Waals surface area contributed by atoms with Crippen molar-refractivity contribution in [2.45, 2.75) is 27.7 Å². The monoisotopic (exact) mass is 208 g/mol. The quantitative estimate of drug-likeness (QED) is 0.681. The molecule has 0 amide bonds. The Morgan fingerprint density at radius 3 is 2.50 bits per heavy atom. The van der Waals surface area contributed by atoms with Gasteiger partial charge in [-0.3, -0.25) is 0 Å². The number of benzene rings is 1. The summed E-state index contributed by atoms with van der Waals surface area (Å²) in [7, 11) is 1.06. The molecule has 14 heavy (non-hydrogen) atoms. The van der Waals surface area contributed by atoms with Gasteiger partial charge >= 0.3 is 0 Å². The number of ether oxygens (including phenoxy) is 1. The first kappa shape index (κ1) is 11.3. The minimum atomic E-state index is 0.594. The van der Waals surface area contributed by atoms with Crippen molar-refractivity contribution >= 4 is 15.4 Å². The standard InChI is InChI=1S/C12H20OSi/c1-8(2)7-13-11-6-9(3)5-10(4)12(11)14/h5-6,8H,7H2,1-4,14H3. The van der Waals surface area contributed by atoms with Crippen LogP contribution in [-0.4, -0.2) is 16.8 Å². The summed E-state index contributed by atoms with van der Waals surface area (Å²) in [5, 5.41) is 1.40. The Bertz CT molecular complexity index is 318. The van der Waals surface area contributed by atoms with E-state index in [9.17, 15) is 0 Å². The van der Waals surface area contributed by atoms with Gasteiger partial charge in [0.1, 0.15) is 5.75 Å². The fourth-order valence-electron chi connectivity index (χ4n) is 1.41. The zero-order valence-corrected chi connectivity index (χ0v) is 11.8. The minimum Gasteiger partial charge on any atom is -0.493 e. The third kappa shape index (κ3) is 2.88. The molecule has 1 aromatic carbocycles. The summed E-state index contributed by atoms with van der Waals surface area (Å²) >= 11 is 0. The smallest absolute Gasteiger partial charge is 0.118 e. The molecule has 2 heteroatoms. The fourth-order valence-corrected chi connectivity index (χ4v) is 1.84. The van der Waals surface area contributed by atoms with Crippen LogP contribution in [-0.2, 0) is 0 Å². The summed E-state index contributed by atoms with van der Waals surface area (Å²) < 4.78 is 5.79. The van der Waals surface area contributed by atoms with Crippen molar-refractivity contribution in [1.29, 1.82) is 0 Å². The van der Waals surface area contributed by atoms with Crippen molar-refractivity contribution < 1.29 is 4.74 Å². The Balaban J connectivity index is 2.85. The SMILES string of the molecule is Cc1cc(C)c([SiH3])c(OCC(C)C)c1. The zero-order valence-electron chi connectivity index (χ0n) is 9.85. The molecule has 0 aliphatic rings. The molecule has 0 aromatic heterocycles. The molecule has 1 rings (SSSR count). The second kappa shape index (κ2) is 4.65. The minimum absolute atomic E-state index is 0.594. The van der Waals surface area contributed by atoms with Crippen LogP contribution in [0.1, 0.15) is 25.0 Å². The predicted octanol–water partition coefficient (Wildman–Crippen LogP) is 1.33. The van der Waals surface area contributed by atoms with Crippen LogP contribution < -0.4 is 9.92 Å². The summed E-state index contributed by atoms with van der Waals surface area (Å²) in [6.07, 6.45) is 0. The summed E-state index contributed by atoms with van der Waals surface area (Å²) in [5.74, 6) is 1.69. The molecule has 0 aliphatic heterocycles. The molecule has 1 aromatic rings. The number of hydrogen-bond donors (Lipinski definition) is 0. The first-order chi connectivity index (χ1) is 6.50. The normalized spacial score (nSPS) is 10.9. The number of rotatable bonds is 3. The summed E-state index contributed by atoms with van der Waals surface area (Å²) in [6, 6.07) is 4.38. The van der Waals surface area contributed by atoms with Crippen molar-refractivity contribution in [2.24, 2.45) is 5.92 Å². The van der Waals surface area contributed by atoms with Crippen LogP contribution in [0.25, 0.3) is 0 Å². The molecule has 1 nitrogen and oxygen atoms in total. The maximum Gasteiger partial charge on any atom is 0.118 e. The Kier molecular flexibility index (Phi) is 3.75. The molecule has 0 bridgehead atoms. The van der Waals surface area contributed by atoms with E-state index >= 15 is 0 Å². The van der Waals surface area contributed by atoms with Crippen LogP contribution in [0.4, 0.5) is 0 Å². The third-order valence-electron chi connectivity index (χ3n) is 2.34. The molecule has 0 spiro atoms. The van der Waals surface area contributed by atoms with E-state index in [4.69, 9.17) is 4.74 Å². The van der Waals surface area contributed by atoms with E-state index < -0.39 is 0 Å². The molecule has 0 unspecified atom stereocenters. The fraction of sp³-hybridized carbons (Fsp3) is 0.500. The van der Waals surface area contributed by atoms with Gasteiger partial charge in [0.25, 0.3) is 0 Å².